The Labute approximate surface area is 132 Å². The van der Waals surface area contributed by atoms with Crippen molar-refractivity contribution in [3.05, 3.63) is 62.6 Å². The predicted octanol–water partition coefficient (Wildman–Crippen LogP) is 5.69. The van der Waals surface area contributed by atoms with Crippen LogP contribution in [0.2, 0.25) is 15.1 Å². The van der Waals surface area contributed by atoms with Crippen LogP contribution in [0.1, 0.15) is 24.1 Å². The zero-order valence-electron chi connectivity index (χ0n) is 10.6. The minimum Gasteiger partial charge on any atom is -0.376 e. The van der Waals surface area contributed by atoms with Crippen molar-refractivity contribution in [2.45, 2.75) is 13.0 Å². The van der Waals surface area contributed by atoms with Crippen LogP contribution < -0.4 is 5.32 Å². The van der Waals surface area contributed by atoms with Gasteiger partial charge in [-0.1, -0.05) is 46.9 Å². The average molecular weight is 326 g/mol. The first kappa shape index (κ1) is 15.0. The summed E-state index contributed by atoms with van der Waals surface area (Å²) in [5.74, 6) is 0. The topological polar surface area (TPSA) is 35.8 Å². The van der Waals surface area contributed by atoms with Gasteiger partial charge in [-0.25, -0.2) is 0 Å². The van der Waals surface area contributed by atoms with Crippen molar-refractivity contribution in [3.63, 3.8) is 0 Å². The van der Waals surface area contributed by atoms with Crippen LogP contribution in [0.25, 0.3) is 0 Å². The maximum atomic E-state index is 8.93. The van der Waals surface area contributed by atoms with E-state index in [0.29, 0.717) is 26.3 Å². The molecule has 1 unspecified atom stereocenters. The highest BCUT2D eigenvalue weighted by molar-refractivity contribution is 6.41. The van der Waals surface area contributed by atoms with E-state index in [9.17, 15) is 0 Å². The first-order chi connectivity index (χ1) is 9.51. The smallest absolute Gasteiger partial charge is 0.0991 e. The largest absolute Gasteiger partial charge is 0.376 e. The molecule has 2 rings (SSSR count). The fourth-order valence-corrected chi connectivity index (χ4v) is 2.78. The maximum Gasteiger partial charge on any atom is 0.0991 e. The second-order valence-electron chi connectivity index (χ2n) is 4.35. The van der Waals surface area contributed by atoms with Gasteiger partial charge in [0.05, 0.1) is 27.4 Å². The van der Waals surface area contributed by atoms with Crippen molar-refractivity contribution in [2.24, 2.45) is 0 Å². The molecule has 0 aromatic heterocycles. The average Bonchev–Trinajstić information content (AvgIpc) is 2.42. The zero-order chi connectivity index (χ0) is 14.7. The number of nitrogens with one attached hydrogen (secondary N) is 1. The van der Waals surface area contributed by atoms with E-state index in [4.69, 9.17) is 40.1 Å². The first-order valence-electron chi connectivity index (χ1n) is 5.92. The number of nitriles is 1. The van der Waals surface area contributed by atoms with Crippen molar-refractivity contribution in [3.8, 4) is 6.07 Å². The lowest BCUT2D eigenvalue weighted by Crippen LogP contribution is -2.07. The van der Waals surface area contributed by atoms with Crippen LogP contribution >= 0.6 is 34.8 Å². The second-order valence-corrected chi connectivity index (χ2v) is 5.60. The Balaban J connectivity index is 2.28. The lowest BCUT2D eigenvalue weighted by Gasteiger charge is -2.18. The number of anilines is 1. The molecule has 0 saturated carbocycles. The Morgan fingerprint density at radius 1 is 1.10 bits per heavy atom. The summed E-state index contributed by atoms with van der Waals surface area (Å²) in [7, 11) is 0. The normalized spacial score (nSPS) is 11.8. The van der Waals surface area contributed by atoms with Crippen LogP contribution in [0.3, 0.4) is 0 Å². The van der Waals surface area contributed by atoms with E-state index in [0.717, 1.165) is 5.56 Å². The summed E-state index contributed by atoms with van der Waals surface area (Å²) in [6, 6.07) is 12.7. The number of rotatable bonds is 3. The van der Waals surface area contributed by atoms with Crippen molar-refractivity contribution in [2.75, 3.05) is 5.32 Å². The predicted molar refractivity (Wildman–Crippen MR) is 84.7 cm³/mol. The van der Waals surface area contributed by atoms with E-state index in [1.165, 1.54) is 0 Å². The molecular weight excluding hydrogens is 315 g/mol. The summed E-state index contributed by atoms with van der Waals surface area (Å²) in [5, 5.41) is 13.6. The molecular formula is C15H11Cl3N2. The molecule has 2 nitrogen and oxygen atoms in total. The number of hydrogen-bond acceptors (Lipinski definition) is 2. The van der Waals surface area contributed by atoms with E-state index in [1.807, 2.05) is 25.1 Å². The molecule has 0 aliphatic carbocycles. The maximum absolute atomic E-state index is 8.93. The summed E-state index contributed by atoms with van der Waals surface area (Å²) in [6.45, 7) is 1.97. The molecule has 1 atom stereocenters. The molecule has 1 N–H and O–H groups in total. The van der Waals surface area contributed by atoms with Crippen molar-refractivity contribution in [1.82, 2.24) is 0 Å². The van der Waals surface area contributed by atoms with Gasteiger partial charge in [-0.3, -0.25) is 0 Å². The molecule has 2 aromatic carbocycles. The van der Waals surface area contributed by atoms with E-state index in [-0.39, 0.29) is 6.04 Å². The van der Waals surface area contributed by atoms with Crippen LogP contribution in [0, 0.1) is 11.3 Å². The summed E-state index contributed by atoms with van der Waals surface area (Å²) in [4.78, 5) is 0. The second kappa shape index (κ2) is 6.37. The number of hydrogen-bond donors (Lipinski definition) is 1. The van der Waals surface area contributed by atoms with Crippen molar-refractivity contribution >= 4 is 40.5 Å². The summed E-state index contributed by atoms with van der Waals surface area (Å²) in [5.41, 5.74) is 2.23. The molecule has 0 saturated heterocycles. The van der Waals surface area contributed by atoms with Crippen LogP contribution in [0.15, 0.2) is 36.4 Å². The van der Waals surface area contributed by atoms with E-state index in [1.54, 1.807) is 18.2 Å². The number of nitrogens with zero attached hydrogens (tertiary/aromatic N) is 1. The van der Waals surface area contributed by atoms with Crippen LogP contribution in [-0.4, -0.2) is 0 Å². The third-order valence-corrected chi connectivity index (χ3v) is 3.70. The molecule has 20 heavy (non-hydrogen) atoms. The molecule has 0 aliphatic rings. The van der Waals surface area contributed by atoms with Gasteiger partial charge in [0.15, 0.2) is 0 Å². The Hall–Kier alpha value is -1.40. The van der Waals surface area contributed by atoms with Crippen LogP contribution in [0.5, 0.6) is 0 Å². The highest BCUT2D eigenvalue weighted by Crippen LogP contribution is 2.35. The minimum absolute atomic E-state index is 0.0422. The summed E-state index contributed by atoms with van der Waals surface area (Å²) < 4.78 is 0. The van der Waals surface area contributed by atoms with Crippen molar-refractivity contribution < 1.29 is 0 Å². The molecule has 0 amide bonds. The molecule has 0 spiro atoms. The Kier molecular flexibility index (Phi) is 4.77. The third kappa shape index (κ3) is 3.37. The molecule has 0 fully saturated rings. The highest BCUT2D eigenvalue weighted by Gasteiger charge is 2.12. The number of benzene rings is 2. The van der Waals surface area contributed by atoms with Gasteiger partial charge in [0.25, 0.3) is 0 Å². The van der Waals surface area contributed by atoms with Gasteiger partial charge in [0.2, 0.25) is 0 Å². The SMILES string of the molecule is CC(Nc1c(Cl)cc(Cl)cc1Cl)c1cccc(C#N)c1. The monoisotopic (exact) mass is 324 g/mol. The van der Waals surface area contributed by atoms with Gasteiger partial charge in [0.1, 0.15) is 0 Å². The summed E-state index contributed by atoms with van der Waals surface area (Å²) >= 11 is 18.2. The Bertz CT molecular complexity index is 654. The van der Waals surface area contributed by atoms with Gasteiger partial charge >= 0.3 is 0 Å². The van der Waals surface area contributed by atoms with Crippen LogP contribution in [0.4, 0.5) is 5.69 Å². The van der Waals surface area contributed by atoms with E-state index in [2.05, 4.69) is 11.4 Å². The Morgan fingerprint density at radius 3 is 2.35 bits per heavy atom. The molecule has 2 aromatic rings. The number of halogens is 3. The fraction of sp³-hybridized carbons (Fsp3) is 0.133. The van der Waals surface area contributed by atoms with Gasteiger partial charge < -0.3 is 5.32 Å². The molecule has 102 valence electrons. The first-order valence-corrected chi connectivity index (χ1v) is 7.06. The fourth-order valence-electron chi connectivity index (χ4n) is 1.86. The zero-order valence-corrected chi connectivity index (χ0v) is 12.9. The van der Waals surface area contributed by atoms with Gasteiger partial charge in [-0.05, 0) is 36.8 Å². The molecule has 0 heterocycles. The Morgan fingerprint density at radius 2 is 1.75 bits per heavy atom. The van der Waals surface area contributed by atoms with Crippen LogP contribution in [-0.2, 0) is 0 Å². The van der Waals surface area contributed by atoms with Gasteiger partial charge in [-0.2, -0.15) is 5.26 Å². The van der Waals surface area contributed by atoms with E-state index >= 15 is 0 Å². The summed E-state index contributed by atoms with van der Waals surface area (Å²) in [6.07, 6.45) is 0. The molecule has 0 bridgehead atoms. The van der Waals surface area contributed by atoms with Crippen molar-refractivity contribution in [1.29, 1.82) is 5.26 Å². The highest BCUT2D eigenvalue weighted by atomic mass is 35.5. The molecule has 5 heteroatoms. The quantitative estimate of drug-likeness (QED) is 0.786. The molecule has 0 aliphatic heterocycles. The van der Waals surface area contributed by atoms with E-state index < -0.39 is 0 Å². The lowest BCUT2D eigenvalue weighted by molar-refractivity contribution is 0.884. The lowest BCUT2D eigenvalue weighted by atomic mass is 10.1. The minimum atomic E-state index is -0.0422. The van der Waals surface area contributed by atoms with Gasteiger partial charge in [0, 0.05) is 11.1 Å². The molecule has 0 radical (unpaired) electrons. The standard InChI is InChI=1S/C15H11Cl3N2/c1-9(11-4-2-3-10(5-11)8-19)20-15-13(17)6-12(16)7-14(15)18/h2-7,9,20H,1H3. The third-order valence-electron chi connectivity index (χ3n) is 2.88. The van der Waals surface area contributed by atoms with Gasteiger partial charge in [-0.15, -0.1) is 0 Å².